The lowest BCUT2D eigenvalue weighted by Crippen LogP contribution is -2.37. The first-order valence-corrected chi connectivity index (χ1v) is 6.93. The second-order valence-corrected chi connectivity index (χ2v) is 4.77. The molecule has 0 aromatic carbocycles. The molecule has 0 amide bonds. The monoisotopic (exact) mass is 273 g/mol. The minimum Gasteiger partial charge on any atom is -0.468 e. The molecule has 0 radical (unpaired) electrons. The number of pyridine rings is 1. The van der Waals surface area contributed by atoms with Gasteiger partial charge in [0.25, 0.3) is 0 Å². The van der Waals surface area contributed by atoms with Crippen LogP contribution in [0.2, 0.25) is 0 Å². The van der Waals surface area contributed by atoms with Crippen LogP contribution < -0.4 is 10.2 Å². The average Bonchev–Trinajstić information content (AvgIpc) is 3.02. The largest absolute Gasteiger partial charge is 0.468 e. The van der Waals surface area contributed by atoms with Gasteiger partial charge in [0, 0.05) is 31.4 Å². The topological polar surface area (TPSA) is 50.5 Å². The fourth-order valence-corrected chi connectivity index (χ4v) is 2.36. The Hall–Kier alpha value is -1.85. The van der Waals surface area contributed by atoms with Crippen molar-refractivity contribution in [3.8, 4) is 0 Å². The summed E-state index contributed by atoms with van der Waals surface area (Å²) in [5.74, 6) is 2.00. The van der Waals surface area contributed by atoms with Crippen molar-refractivity contribution in [3.05, 3.63) is 48.0 Å². The predicted octanol–water partition coefficient (Wildman–Crippen LogP) is 1.80. The van der Waals surface area contributed by atoms with Crippen molar-refractivity contribution in [2.75, 3.05) is 31.2 Å². The van der Waals surface area contributed by atoms with E-state index in [0.29, 0.717) is 0 Å². The van der Waals surface area contributed by atoms with Crippen LogP contribution in [0.3, 0.4) is 0 Å². The Balaban J connectivity index is 1.63. The van der Waals surface area contributed by atoms with E-state index in [1.807, 2.05) is 24.4 Å². The van der Waals surface area contributed by atoms with E-state index in [1.165, 1.54) is 5.56 Å². The first-order chi connectivity index (χ1) is 9.93. The summed E-state index contributed by atoms with van der Waals surface area (Å²) in [5.41, 5.74) is 1.21. The maximum atomic E-state index is 5.39. The number of anilines is 1. The number of rotatable bonds is 5. The second kappa shape index (κ2) is 6.54. The van der Waals surface area contributed by atoms with Crippen LogP contribution >= 0.6 is 0 Å². The molecule has 0 aliphatic carbocycles. The number of nitrogens with one attached hydrogen (secondary N) is 1. The number of hydrogen-bond acceptors (Lipinski definition) is 5. The van der Waals surface area contributed by atoms with Gasteiger partial charge < -0.3 is 19.4 Å². The maximum absolute atomic E-state index is 5.39. The summed E-state index contributed by atoms with van der Waals surface area (Å²) >= 11 is 0. The van der Waals surface area contributed by atoms with Gasteiger partial charge in [0.15, 0.2) is 0 Å². The third-order valence-electron chi connectivity index (χ3n) is 3.37. The van der Waals surface area contributed by atoms with Crippen LogP contribution in [0.4, 0.5) is 5.82 Å². The maximum Gasteiger partial charge on any atom is 0.133 e. The van der Waals surface area contributed by atoms with Crippen LogP contribution in [0.5, 0.6) is 0 Å². The molecular formula is C15H19N3O2. The Morgan fingerprint density at radius 1 is 1.15 bits per heavy atom. The van der Waals surface area contributed by atoms with Crippen molar-refractivity contribution in [2.24, 2.45) is 0 Å². The third-order valence-corrected chi connectivity index (χ3v) is 3.37. The number of ether oxygens (including phenoxy) is 1. The van der Waals surface area contributed by atoms with Gasteiger partial charge in [-0.15, -0.1) is 0 Å². The molecule has 1 aliphatic heterocycles. The zero-order valence-corrected chi connectivity index (χ0v) is 11.4. The lowest BCUT2D eigenvalue weighted by molar-refractivity contribution is 0.122. The zero-order valence-electron chi connectivity index (χ0n) is 11.4. The molecule has 106 valence electrons. The molecule has 0 spiro atoms. The summed E-state index contributed by atoms with van der Waals surface area (Å²) in [7, 11) is 0. The van der Waals surface area contributed by atoms with Crippen LogP contribution in [0, 0.1) is 0 Å². The fourth-order valence-electron chi connectivity index (χ4n) is 2.36. The van der Waals surface area contributed by atoms with E-state index in [9.17, 15) is 0 Å². The molecule has 20 heavy (non-hydrogen) atoms. The number of morpholine rings is 1. The van der Waals surface area contributed by atoms with Crippen LogP contribution in [-0.4, -0.2) is 31.3 Å². The predicted molar refractivity (Wildman–Crippen MR) is 76.5 cm³/mol. The first kappa shape index (κ1) is 13.1. The summed E-state index contributed by atoms with van der Waals surface area (Å²) in [5, 5.41) is 3.39. The Morgan fingerprint density at radius 2 is 2.05 bits per heavy atom. The molecule has 2 aromatic rings. The van der Waals surface area contributed by atoms with Crippen molar-refractivity contribution >= 4 is 5.82 Å². The average molecular weight is 273 g/mol. The van der Waals surface area contributed by atoms with Gasteiger partial charge in [-0.3, -0.25) is 0 Å². The SMILES string of the molecule is c1coc(CNCc2cccnc2N2CCOCC2)c1. The summed E-state index contributed by atoms with van der Waals surface area (Å²) < 4.78 is 10.7. The highest BCUT2D eigenvalue weighted by atomic mass is 16.5. The number of nitrogens with zero attached hydrogens (tertiary/aromatic N) is 2. The highest BCUT2D eigenvalue weighted by molar-refractivity contribution is 5.46. The quantitative estimate of drug-likeness (QED) is 0.900. The Bertz CT molecular complexity index is 522. The minimum absolute atomic E-state index is 0.727. The molecule has 0 atom stereocenters. The van der Waals surface area contributed by atoms with E-state index in [0.717, 1.165) is 51.0 Å². The van der Waals surface area contributed by atoms with E-state index in [1.54, 1.807) is 6.26 Å². The Kier molecular flexibility index (Phi) is 4.30. The molecule has 1 aliphatic rings. The lowest BCUT2D eigenvalue weighted by Gasteiger charge is -2.29. The van der Waals surface area contributed by atoms with Gasteiger partial charge in [0.05, 0.1) is 26.0 Å². The molecule has 1 N–H and O–H groups in total. The van der Waals surface area contributed by atoms with E-state index in [2.05, 4.69) is 21.3 Å². The van der Waals surface area contributed by atoms with Gasteiger partial charge in [-0.1, -0.05) is 6.07 Å². The normalized spacial score (nSPS) is 15.5. The number of hydrogen-bond donors (Lipinski definition) is 1. The van der Waals surface area contributed by atoms with Crippen LogP contribution in [0.15, 0.2) is 41.1 Å². The van der Waals surface area contributed by atoms with Crippen molar-refractivity contribution in [1.29, 1.82) is 0 Å². The van der Waals surface area contributed by atoms with Gasteiger partial charge in [-0.25, -0.2) is 4.98 Å². The van der Waals surface area contributed by atoms with Crippen molar-refractivity contribution in [1.82, 2.24) is 10.3 Å². The number of furan rings is 1. The van der Waals surface area contributed by atoms with Gasteiger partial charge >= 0.3 is 0 Å². The van der Waals surface area contributed by atoms with Crippen molar-refractivity contribution in [3.63, 3.8) is 0 Å². The minimum atomic E-state index is 0.727. The van der Waals surface area contributed by atoms with E-state index >= 15 is 0 Å². The smallest absolute Gasteiger partial charge is 0.133 e. The van der Waals surface area contributed by atoms with E-state index in [-0.39, 0.29) is 0 Å². The van der Waals surface area contributed by atoms with Gasteiger partial charge in [0.1, 0.15) is 11.6 Å². The zero-order chi connectivity index (χ0) is 13.6. The molecule has 0 saturated carbocycles. The van der Waals surface area contributed by atoms with Gasteiger partial charge in [0.2, 0.25) is 0 Å². The fraction of sp³-hybridized carbons (Fsp3) is 0.400. The molecule has 0 bridgehead atoms. The third kappa shape index (κ3) is 3.18. The molecule has 1 saturated heterocycles. The van der Waals surface area contributed by atoms with Crippen LogP contribution in [0.1, 0.15) is 11.3 Å². The summed E-state index contributed by atoms with van der Waals surface area (Å²) in [6.07, 6.45) is 3.54. The molecule has 3 rings (SSSR count). The van der Waals surface area contributed by atoms with E-state index < -0.39 is 0 Å². The standard InChI is InChI=1S/C15H19N3O2/c1-3-13(11-16-12-14-4-2-8-20-14)15(17-5-1)18-6-9-19-10-7-18/h1-5,8,16H,6-7,9-12H2. The lowest BCUT2D eigenvalue weighted by atomic mass is 10.2. The van der Waals surface area contributed by atoms with Gasteiger partial charge in [-0.05, 0) is 18.2 Å². The van der Waals surface area contributed by atoms with Gasteiger partial charge in [-0.2, -0.15) is 0 Å². The van der Waals surface area contributed by atoms with E-state index in [4.69, 9.17) is 9.15 Å². The molecule has 5 nitrogen and oxygen atoms in total. The van der Waals surface area contributed by atoms with Crippen molar-refractivity contribution < 1.29 is 9.15 Å². The summed E-state index contributed by atoms with van der Waals surface area (Å²) in [6.45, 7) is 4.86. The molecule has 2 aromatic heterocycles. The Labute approximate surface area is 118 Å². The Morgan fingerprint density at radius 3 is 2.85 bits per heavy atom. The first-order valence-electron chi connectivity index (χ1n) is 6.93. The second-order valence-electron chi connectivity index (χ2n) is 4.77. The molecule has 3 heterocycles. The highest BCUT2D eigenvalue weighted by Crippen LogP contribution is 2.18. The summed E-state index contributed by atoms with van der Waals surface area (Å²) in [4.78, 5) is 6.81. The molecule has 1 fully saturated rings. The van der Waals surface area contributed by atoms with Crippen molar-refractivity contribution in [2.45, 2.75) is 13.1 Å². The molecular weight excluding hydrogens is 254 g/mol. The number of aromatic nitrogens is 1. The molecule has 5 heteroatoms. The summed E-state index contributed by atoms with van der Waals surface area (Å²) in [6, 6.07) is 7.97. The highest BCUT2D eigenvalue weighted by Gasteiger charge is 2.15. The van der Waals surface area contributed by atoms with Crippen LogP contribution in [0.25, 0.3) is 0 Å². The van der Waals surface area contributed by atoms with Crippen LogP contribution in [-0.2, 0) is 17.8 Å². The molecule has 0 unspecified atom stereocenters.